The van der Waals surface area contributed by atoms with Gasteiger partial charge in [-0.25, -0.2) is 0 Å². The summed E-state index contributed by atoms with van der Waals surface area (Å²) in [5, 5.41) is 8.68. The molecule has 1 unspecified atom stereocenters. The van der Waals surface area contributed by atoms with Crippen LogP contribution in [0.25, 0.3) is 0 Å². The van der Waals surface area contributed by atoms with Crippen LogP contribution < -0.4 is 0 Å². The summed E-state index contributed by atoms with van der Waals surface area (Å²) in [5.41, 5.74) is 0.628. The van der Waals surface area contributed by atoms with Crippen LogP contribution in [0.4, 0.5) is 13.2 Å². The molecule has 1 aromatic carbocycles. The average molecular weight is 451 g/mol. The molecule has 0 aliphatic carbocycles. The Kier molecular flexibility index (Phi) is 6.03. The summed E-state index contributed by atoms with van der Waals surface area (Å²) in [6, 6.07) is 8.51. The van der Waals surface area contributed by atoms with Crippen LogP contribution in [-0.4, -0.2) is 17.4 Å². The molecule has 0 saturated heterocycles. The Morgan fingerprint density at radius 1 is 1.33 bits per heavy atom. The Morgan fingerprint density at radius 2 is 1.94 bits per heavy atom. The van der Waals surface area contributed by atoms with Crippen molar-refractivity contribution in [1.29, 1.82) is 0 Å². The van der Waals surface area contributed by atoms with Crippen molar-refractivity contribution in [3.05, 3.63) is 35.9 Å². The first kappa shape index (κ1) is 15.4. The maximum atomic E-state index is 11.9. The second-order valence-corrected chi connectivity index (χ2v) is 8.38. The number of benzene rings is 1. The number of carbonyl (C=O) groups is 1. The SMILES string of the molecule is O=C([O][Hg][CH2]C(OO)c1ccccc1)C(F)(F)F. The molecule has 0 aromatic heterocycles. The van der Waals surface area contributed by atoms with E-state index in [1.807, 2.05) is 0 Å². The monoisotopic (exact) mass is 452 g/mol. The summed E-state index contributed by atoms with van der Waals surface area (Å²) in [5.74, 6) is -2.16. The fourth-order valence-corrected chi connectivity index (χ4v) is 5.64. The zero-order valence-corrected chi connectivity index (χ0v) is 14.7. The summed E-state index contributed by atoms with van der Waals surface area (Å²) in [4.78, 5) is 14.7. The molecule has 0 saturated carbocycles. The summed E-state index contributed by atoms with van der Waals surface area (Å²) in [6.07, 6.45) is -5.70. The van der Waals surface area contributed by atoms with Gasteiger partial charge in [-0.1, -0.05) is 0 Å². The molecule has 1 N–H and O–H groups in total. The predicted octanol–water partition coefficient (Wildman–Crippen LogP) is 2.74. The quantitative estimate of drug-likeness (QED) is 0.426. The van der Waals surface area contributed by atoms with Gasteiger partial charge in [0.1, 0.15) is 0 Å². The Bertz CT molecular complexity index is 382. The van der Waals surface area contributed by atoms with E-state index in [0.717, 1.165) is 0 Å². The first-order chi connectivity index (χ1) is 8.45. The molecule has 0 bridgehead atoms. The number of halogens is 3. The van der Waals surface area contributed by atoms with Crippen molar-refractivity contribution in [1.82, 2.24) is 0 Å². The maximum absolute atomic E-state index is 11.9. The zero-order chi connectivity index (χ0) is 13.6. The molecule has 0 spiro atoms. The molecule has 96 valence electrons. The normalized spacial score (nSPS) is 12.7. The van der Waals surface area contributed by atoms with Crippen LogP contribution in [0.3, 0.4) is 0 Å². The van der Waals surface area contributed by atoms with Gasteiger partial charge in [-0.3, -0.25) is 0 Å². The Labute approximate surface area is 114 Å². The summed E-state index contributed by atoms with van der Waals surface area (Å²) >= 11 is -2.54. The van der Waals surface area contributed by atoms with Crippen LogP contribution >= 0.6 is 0 Å². The number of carbonyl (C=O) groups excluding carboxylic acids is 1. The van der Waals surface area contributed by atoms with Crippen LogP contribution in [0.1, 0.15) is 11.7 Å². The fourth-order valence-electron chi connectivity index (χ4n) is 1.29. The molecule has 0 aliphatic heterocycles. The van der Waals surface area contributed by atoms with Gasteiger partial charge < -0.3 is 0 Å². The molecular formula is C10H9F3HgO4. The minimum absolute atomic E-state index is 0.141. The minimum atomic E-state index is -4.96. The molecule has 0 radical (unpaired) electrons. The van der Waals surface area contributed by atoms with E-state index in [0.29, 0.717) is 5.56 Å². The van der Waals surface area contributed by atoms with Gasteiger partial charge in [0, 0.05) is 0 Å². The first-order valence-electron chi connectivity index (χ1n) is 5.04. The van der Waals surface area contributed by atoms with Gasteiger partial charge in [0.2, 0.25) is 0 Å². The van der Waals surface area contributed by atoms with Crippen molar-refractivity contribution < 1.29 is 55.8 Å². The number of hydrogen-bond donors (Lipinski definition) is 1. The van der Waals surface area contributed by atoms with Gasteiger partial charge in [-0.2, -0.15) is 0 Å². The van der Waals surface area contributed by atoms with Crippen molar-refractivity contribution in [2.45, 2.75) is 16.2 Å². The second-order valence-electron chi connectivity index (χ2n) is 3.43. The van der Waals surface area contributed by atoms with Gasteiger partial charge in [0.25, 0.3) is 0 Å². The molecule has 1 rings (SSSR count). The van der Waals surface area contributed by atoms with Crippen molar-refractivity contribution in [2.75, 3.05) is 0 Å². The first-order valence-corrected chi connectivity index (χ1v) is 11.2. The van der Waals surface area contributed by atoms with Crippen molar-refractivity contribution >= 4 is 5.97 Å². The summed E-state index contributed by atoms with van der Waals surface area (Å²) < 4.78 is 39.9. The van der Waals surface area contributed by atoms with Crippen molar-refractivity contribution in [3.8, 4) is 0 Å². The fraction of sp³-hybridized carbons (Fsp3) is 0.300. The molecule has 1 aromatic rings. The third-order valence-electron chi connectivity index (χ3n) is 2.14. The molecule has 0 heterocycles. The van der Waals surface area contributed by atoms with E-state index in [1.165, 1.54) is 0 Å². The predicted molar refractivity (Wildman–Crippen MR) is 49.9 cm³/mol. The molecule has 4 nitrogen and oxygen atoms in total. The zero-order valence-electron chi connectivity index (χ0n) is 9.18. The molecule has 0 fully saturated rings. The van der Waals surface area contributed by atoms with Gasteiger partial charge in [0.05, 0.1) is 0 Å². The van der Waals surface area contributed by atoms with E-state index in [-0.39, 0.29) is 3.93 Å². The van der Waals surface area contributed by atoms with Crippen LogP contribution in [-0.2, 0) is 37.4 Å². The molecule has 0 aliphatic rings. The van der Waals surface area contributed by atoms with E-state index in [2.05, 4.69) is 7.53 Å². The number of hydrogen-bond acceptors (Lipinski definition) is 4. The van der Waals surface area contributed by atoms with Gasteiger partial charge in [-0.15, -0.1) is 0 Å². The molecule has 18 heavy (non-hydrogen) atoms. The molecule has 0 amide bonds. The Morgan fingerprint density at radius 3 is 2.44 bits per heavy atom. The Hall–Kier alpha value is -0.665. The number of rotatable bonds is 5. The van der Waals surface area contributed by atoms with E-state index in [4.69, 9.17) is 5.26 Å². The average Bonchev–Trinajstić information content (AvgIpc) is 2.34. The van der Waals surface area contributed by atoms with Crippen LogP contribution in [0, 0.1) is 0 Å². The van der Waals surface area contributed by atoms with Crippen LogP contribution in [0.15, 0.2) is 30.3 Å². The molecule has 1 atom stereocenters. The van der Waals surface area contributed by atoms with Gasteiger partial charge in [-0.05, 0) is 0 Å². The summed E-state index contributed by atoms with van der Waals surface area (Å²) in [6.45, 7) is 0. The van der Waals surface area contributed by atoms with Crippen molar-refractivity contribution in [2.24, 2.45) is 0 Å². The van der Waals surface area contributed by atoms with E-state index >= 15 is 0 Å². The second kappa shape index (κ2) is 7.05. The molecule has 8 heteroatoms. The summed E-state index contributed by atoms with van der Waals surface area (Å²) in [7, 11) is 0. The van der Waals surface area contributed by atoms with Gasteiger partial charge >= 0.3 is 114 Å². The Balaban J connectivity index is 2.45. The standard InChI is InChI=1S/C8H9O2.C2HF3O2.Hg/c1-7(10-9)8-5-3-2-4-6-8;3-2(4,5)1(6)7;/h2-7,9H,1H2;(H,6,7);/q;;+1/p-1. The van der Waals surface area contributed by atoms with Crippen molar-refractivity contribution in [3.63, 3.8) is 0 Å². The number of alkyl halides is 3. The van der Waals surface area contributed by atoms with Crippen LogP contribution in [0.5, 0.6) is 0 Å². The van der Waals surface area contributed by atoms with E-state index in [1.54, 1.807) is 30.3 Å². The third kappa shape index (κ3) is 4.91. The van der Waals surface area contributed by atoms with E-state index in [9.17, 15) is 18.0 Å². The van der Waals surface area contributed by atoms with Crippen LogP contribution in [0.2, 0.25) is 3.93 Å². The molecular weight excluding hydrogens is 442 g/mol. The van der Waals surface area contributed by atoms with E-state index < -0.39 is 43.3 Å². The topological polar surface area (TPSA) is 55.8 Å². The van der Waals surface area contributed by atoms with Gasteiger partial charge in [0.15, 0.2) is 0 Å². The third-order valence-corrected chi connectivity index (χ3v) is 6.91.